The molecule has 0 aromatic heterocycles. The minimum Gasteiger partial charge on any atom is -0.391 e. The molecule has 0 aromatic rings. The summed E-state index contributed by atoms with van der Waals surface area (Å²) in [5.41, 5.74) is 0. The summed E-state index contributed by atoms with van der Waals surface area (Å²) in [5.74, 6) is -0.162. The molecule has 2 heterocycles. The number of aliphatic hydroxyl groups excluding tert-OH is 3. The van der Waals surface area contributed by atoms with Crippen LogP contribution in [0.5, 0.6) is 0 Å². The first kappa shape index (κ1) is 11.8. The van der Waals surface area contributed by atoms with Crippen molar-refractivity contribution >= 4 is 5.91 Å². The van der Waals surface area contributed by atoms with Crippen LogP contribution in [-0.4, -0.2) is 69.6 Å². The molecule has 2 aliphatic rings. The molecule has 92 valence electrons. The van der Waals surface area contributed by atoms with Crippen LogP contribution in [0, 0.1) is 0 Å². The average Bonchev–Trinajstić information content (AvgIpc) is 2.68. The topological polar surface area (TPSA) is 93.0 Å². The Labute approximate surface area is 93.9 Å². The standard InChI is InChI=1S/C10H18N2O4/c1-5(13)11-4-6-9(15)10(16)8-7(14)2-3-12(6)8/h6-10,14-16H,2-4H2,1H3,(H,11,13)/t6-,7+,8-,9-,10-/m1/s1. The van der Waals surface area contributed by atoms with Gasteiger partial charge < -0.3 is 20.6 Å². The molecule has 2 fully saturated rings. The monoisotopic (exact) mass is 230 g/mol. The van der Waals surface area contributed by atoms with Crippen LogP contribution >= 0.6 is 0 Å². The molecule has 0 unspecified atom stereocenters. The van der Waals surface area contributed by atoms with Gasteiger partial charge in [0.05, 0.1) is 30.4 Å². The fourth-order valence-electron chi connectivity index (χ4n) is 2.75. The van der Waals surface area contributed by atoms with Crippen LogP contribution < -0.4 is 5.32 Å². The Morgan fingerprint density at radius 1 is 1.38 bits per heavy atom. The largest absolute Gasteiger partial charge is 0.391 e. The Hall–Kier alpha value is -0.690. The van der Waals surface area contributed by atoms with Gasteiger partial charge in [-0.05, 0) is 6.42 Å². The first-order chi connectivity index (χ1) is 7.52. The summed E-state index contributed by atoms with van der Waals surface area (Å²) in [6, 6.07) is -0.699. The van der Waals surface area contributed by atoms with E-state index in [4.69, 9.17) is 0 Å². The number of hydrogen-bond donors (Lipinski definition) is 4. The first-order valence-corrected chi connectivity index (χ1v) is 5.56. The van der Waals surface area contributed by atoms with E-state index in [1.807, 2.05) is 4.90 Å². The summed E-state index contributed by atoms with van der Waals surface area (Å²) >= 11 is 0. The van der Waals surface area contributed by atoms with Crippen LogP contribution in [0.1, 0.15) is 13.3 Å². The van der Waals surface area contributed by atoms with Crippen molar-refractivity contribution in [2.75, 3.05) is 13.1 Å². The van der Waals surface area contributed by atoms with E-state index in [1.54, 1.807) is 0 Å². The van der Waals surface area contributed by atoms with Crippen LogP contribution in [0.3, 0.4) is 0 Å². The van der Waals surface area contributed by atoms with Gasteiger partial charge in [-0.3, -0.25) is 9.69 Å². The van der Waals surface area contributed by atoms with E-state index in [0.717, 1.165) is 0 Å². The van der Waals surface area contributed by atoms with Crippen molar-refractivity contribution in [3.05, 3.63) is 0 Å². The third-order valence-electron chi connectivity index (χ3n) is 3.54. The first-order valence-electron chi connectivity index (χ1n) is 5.56. The number of carbonyl (C=O) groups is 1. The highest BCUT2D eigenvalue weighted by Crippen LogP contribution is 2.33. The van der Waals surface area contributed by atoms with Gasteiger partial charge in [0.2, 0.25) is 5.91 Å². The molecule has 0 aliphatic carbocycles. The molecule has 0 radical (unpaired) electrons. The van der Waals surface area contributed by atoms with Crippen molar-refractivity contribution in [1.82, 2.24) is 10.2 Å². The van der Waals surface area contributed by atoms with Crippen LogP contribution in [-0.2, 0) is 4.79 Å². The van der Waals surface area contributed by atoms with E-state index in [1.165, 1.54) is 6.92 Å². The second kappa shape index (κ2) is 4.29. The van der Waals surface area contributed by atoms with Gasteiger partial charge in [-0.1, -0.05) is 0 Å². The zero-order chi connectivity index (χ0) is 11.9. The molecule has 4 N–H and O–H groups in total. The second-order valence-corrected chi connectivity index (χ2v) is 4.57. The van der Waals surface area contributed by atoms with Gasteiger partial charge in [0, 0.05) is 20.0 Å². The van der Waals surface area contributed by atoms with E-state index in [-0.39, 0.29) is 11.9 Å². The maximum Gasteiger partial charge on any atom is 0.216 e. The van der Waals surface area contributed by atoms with Gasteiger partial charge in [0.15, 0.2) is 0 Å². The van der Waals surface area contributed by atoms with Crippen molar-refractivity contribution in [3.8, 4) is 0 Å². The average molecular weight is 230 g/mol. The molecule has 2 rings (SSSR count). The molecule has 5 atom stereocenters. The van der Waals surface area contributed by atoms with E-state index in [9.17, 15) is 20.1 Å². The highest BCUT2D eigenvalue weighted by Gasteiger charge is 2.53. The molecule has 0 bridgehead atoms. The van der Waals surface area contributed by atoms with E-state index >= 15 is 0 Å². The Kier molecular flexibility index (Phi) is 3.16. The number of rotatable bonds is 2. The molecule has 16 heavy (non-hydrogen) atoms. The van der Waals surface area contributed by atoms with E-state index in [0.29, 0.717) is 19.5 Å². The van der Waals surface area contributed by atoms with Crippen molar-refractivity contribution in [1.29, 1.82) is 0 Å². The Bertz CT molecular complexity index is 286. The van der Waals surface area contributed by atoms with Gasteiger partial charge in [-0.15, -0.1) is 0 Å². The maximum absolute atomic E-state index is 10.8. The number of nitrogens with zero attached hydrogens (tertiary/aromatic N) is 1. The molecule has 2 saturated heterocycles. The second-order valence-electron chi connectivity index (χ2n) is 4.57. The van der Waals surface area contributed by atoms with Crippen molar-refractivity contribution in [2.45, 2.75) is 43.7 Å². The normalized spacial score (nSPS) is 43.4. The fourth-order valence-corrected chi connectivity index (χ4v) is 2.75. The third kappa shape index (κ3) is 1.82. The van der Waals surface area contributed by atoms with Crippen molar-refractivity contribution in [2.24, 2.45) is 0 Å². The van der Waals surface area contributed by atoms with Crippen LogP contribution in [0.4, 0.5) is 0 Å². The number of hydrogen-bond acceptors (Lipinski definition) is 5. The quantitative estimate of drug-likeness (QED) is 0.427. The van der Waals surface area contributed by atoms with Crippen LogP contribution in [0.25, 0.3) is 0 Å². The Balaban J connectivity index is 2.05. The number of amides is 1. The number of nitrogens with one attached hydrogen (secondary N) is 1. The molecule has 1 amide bonds. The summed E-state index contributed by atoms with van der Waals surface area (Å²) in [5, 5.41) is 32.0. The number of carbonyl (C=O) groups excluding carboxylic acids is 1. The smallest absolute Gasteiger partial charge is 0.216 e. The number of aliphatic hydroxyl groups is 3. The highest BCUT2D eigenvalue weighted by atomic mass is 16.3. The Morgan fingerprint density at radius 3 is 2.69 bits per heavy atom. The zero-order valence-electron chi connectivity index (χ0n) is 9.21. The predicted molar refractivity (Wildman–Crippen MR) is 55.6 cm³/mol. The van der Waals surface area contributed by atoms with Crippen LogP contribution in [0.2, 0.25) is 0 Å². The molecule has 0 spiro atoms. The molecule has 0 saturated carbocycles. The van der Waals surface area contributed by atoms with Gasteiger partial charge >= 0.3 is 0 Å². The van der Waals surface area contributed by atoms with Crippen molar-refractivity contribution in [3.63, 3.8) is 0 Å². The molecular weight excluding hydrogens is 212 g/mol. The molecule has 0 aromatic carbocycles. The lowest BCUT2D eigenvalue weighted by Crippen LogP contribution is -2.45. The van der Waals surface area contributed by atoms with Crippen molar-refractivity contribution < 1.29 is 20.1 Å². The molecule has 2 aliphatic heterocycles. The summed E-state index contributed by atoms with van der Waals surface area (Å²) < 4.78 is 0. The highest BCUT2D eigenvalue weighted by molar-refractivity contribution is 5.72. The van der Waals surface area contributed by atoms with E-state index in [2.05, 4.69) is 5.32 Å². The minimum atomic E-state index is -0.934. The maximum atomic E-state index is 10.8. The zero-order valence-corrected chi connectivity index (χ0v) is 9.21. The van der Waals surface area contributed by atoms with E-state index < -0.39 is 24.4 Å². The summed E-state index contributed by atoms with van der Waals surface area (Å²) in [6.07, 6.45) is -1.83. The Morgan fingerprint density at radius 2 is 2.06 bits per heavy atom. The van der Waals surface area contributed by atoms with Gasteiger partial charge in [0.1, 0.15) is 0 Å². The lowest BCUT2D eigenvalue weighted by atomic mass is 10.0. The molecule has 6 heteroatoms. The molecule has 6 nitrogen and oxygen atoms in total. The third-order valence-corrected chi connectivity index (χ3v) is 3.54. The lowest BCUT2D eigenvalue weighted by Gasteiger charge is -2.24. The van der Waals surface area contributed by atoms with Crippen LogP contribution in [0.15, 0.2) is 0 Å². The van der Waals surface area contributed by atoms with Gasteiger partial charge in [-0.2, -0.15) is 0 Å². The predicted octanol–water partition coefficient (Wildman–Crippen LogP) is -2.34. The SMILES string of the molecule is CC(=O)NC[C@@H]1[C@@H](O)[C@H](O)[C@H]2[C@@H](O)CCN21. The fraction of sp³-hybridized carbons (Fsp3) is 0.900. The number of fused-ring (bicyclic) bond motifs is 1. The molecular formula is C10H18N2O4. The summed E-state index contributed by atoms with van der Waals surface area (Å²) in [7, 11) is 0. The summed E-state index contributed by atoms with van der Waals surface area (Å²) in [4.78, 5) is 12.7. The van der Waals surface area contributed by atoms with Gasteiger partial charge in [0.25, 0.3) is 0 Å². The minimum absolute atomic E-state index is 0.162. The summed E-state index contributed by atoms with van der Waals surface area (Å²) in [6.45, 7) is 2.36. The van der Waals surface area contributed by atoms with Gasteiger partial charge in [-0.25, -0.2) is 0 Å². The lowest BCUT2D eigenvalue weighted by molar-refractivity contribution is -0.119.